The molecule has 0 aliphatic heterocycles. The Morgan fingerprint density at radius 3 is 2.78 bits per heavy atom. The van der Waals surface area contributed by atoms with Gasteiger partial charge in [-0.2, -0.15) is 4.99 Å². The van der Waals surface area contributed by atoms with Crippen molar-refractivity contribution in [2.75, 3.05) is 0 Å². The average molecular weight is 363 g/mol. The molecule has 0 aliphatic carbocycles. The van der Waals surface area contributed by atoms with Crippen LogP contribution in [0.15, 0.2) is 60.1 Å². The van der Waals surface area contributed by atoms with Gasteiger partial charge in [-0.1, -0.05) is 52.7 Å². The number of carbonyl (C=O) groups is 1. The summed E-state index contributed by atoms with van der Waals surface area (Å²) in [5.41, 5.74) is 1.35. The molecule has 0 fully saturated rings. The number of benzene rings is 2. The SMILES string of the molecule is C=CCn1c(=NC(=O)c2ccc(Cl)cc2Cl)sc2ccccc21. The lowest BCUT2D eigenvalue weighted by Gasteiger charge is -2.01. The molecular formula is C17H12Cl2N2OS. The summed E-state index contributed by atoms with van der Waals surface area (Å²) in [4.78, 5) is 17.3. The van der Waals surface area contributed by atoms with E-state index in [1.54, 1.807) is 18.2 Å². The van der Waals surface area contributed by atoms with E-state index in [1.807, 2.05) is 28.8 Å². The molecule has 0 aliphatic rings. The Morgan fingerprint density at radius 2 is 2.04 bits per heavy atom. The van der Waals surface area contributed by atoms with Crippen molar-refractivity contribution in [3.63, 3.8) is 0 Å². The molecule has 0 atom stereocenters. The third-order valence-corrected chi connectivity index (χ3v) is 4.87. The summed E-state index contributed by atoms with van der Waals surface area (Å²) < 4.78 is 3.01. The normalized spacial score (nSPS) is 11.8. The van der Waals surface area contributed by atoms with Crippen molar-refractivity contribution in [1.29, 1.82) is 0 Å². The third-order valence-electron chi connectivity index (χ3n) is 3.26. The quantitative estimate of drug-likeness (QED) is 0.607. The minimum absolute atomic E-state index is 0.294. The minimum atomic E-state index is -0.393. The molecule has 23 heavy (non-hydrogen) atoms. The number of nitrogens with zero attached hydrogens (tertiary/aromatic N) is 2. The summed E-state index contributed by atoms with van der Waals surface area (Å²) in [6, 6.07) is 12.6. The van der Waals surface area contributed by atoms with Gasteiger partial charge in [0.05, 0.1) is 20.8 Å². The molecule has 0 radical (unpaired) electrons. The van der Waals surface area contributed by atoms with Crippen LogP contribution in [-0.2, 0) is 6.54 Å². The maximum absolute atomic E-state index is 12.5. The van der Waals surface area contributed by atoms with E-state index in [0.29, 0.717) is 27.0 Å². The first kappa shape index (κ1) is 16.0. The lowest BCUT2D eigenvalue weighted by atomic mass is 10.2. The molecule has 1 heterocycles. The van der Waals surface area contributed by atoms with Gasteiger partial charge in [0.1, 0.15) is 0 Å². The highest BCUT2D eigenvalue weighted by Gasteiger charge is 2.11. The Hall–Kier alpha value is -1.88. The predicted octanol–water partition coefficient (Wildman–Crippen LogP) is 4.94. The van der Waals surface area contributed by atoms with Crippen LogP contribution in [0.25, 0.3) is 10.2 Å². The largest absolute Gasteiger partial charge is 0.312 e. The fourth-order valence-electron chi connectivity index (χ4n) is 2.22. The number of allylic oxidation sites excluding steroid dienone is 1. The van der Waals surface area contributed by atoms with Crippen LogP contribution in [0.3, 0.4) is 0 Å². The number of para-hydroxylation sites is 1. The molecule has 1 aromatic heterocycles. The highest BCUT2D eigenvalue weighted by Crippen LogP contribution is 2.22. The third kappa shape index (κ3) is 3.24. The molecule has 0 N–H and O–H groups in total. The van der Waals surface area contributed by atoms with Gasteiger partial charge in [-0.15, -0.1) is 6.58 Å². The molecule has 0 unspecified atom stereocenters. The van der Waals surface area contributed by atoms with Crippen molar-refractivity contribution in [2.24, 2.45) is 4.99 Å². The van der Waals surface area contributed by atoms with Crippen LogP contribution in [0.5, 0.6) is 0 Å². The lowest BCUT2D eigenvalue weighted by Crippen LogP contribution is -2.16. The zero-order valence-corrected chi connectivity index (χ0v) is 14.3. The second kappa shape index (κ2) is 6.71. The van der Waals surface area contributed by atoms with E-state index in [9.17, 15) is 4.79 Å². The fourth-order valence-corrected chi connectivity index (χ4v) is 3.75. The summed E-state index contributed by atoms with van der Waals surface area (Å²) in [5.74, 6) is -0.393. The molecule has 116 valence electrons. The van der Waals surface area contributed by atoms with Gasteiger partial charge >= 0.3 is 0 Å². The van der Waals surface area contributed by atoms with Gasteiger partial charge in [0.25, 0.3) is 5.91 Å². The zero-order chi connectivity index (χ0) is 16.4. The molecule has 6 heteroatoms. The maximum Gasteiger partial charge on any atom is 0.281 e. The number of amides is 1. The van der Waals surface area contributed by atoms with Gasteiger partial charge < -0.3 is 4.57 Å². The predicted molar refractivity (Wildman–Crippen MR) is 96.4 cm³/mol. The highest BCUT2D eigenvalue weighted by atomic mass is 35.5. The van der Waals surface area contributed by atoms with Gasteiger partial charge in [0.2, 0.25) is 0 Å². The number of carbonyl (C=O) groups excluding carboxylic acids is 1. The topological polar surface area (TPSA) is 34.4 Å². The molecule has 1 amide bonds. The number of fused-ring (bicyclic) bond motifs is 1. The Kier molecular flexibility index (Phi) is 4.66. The second-order valence-corrected chi connectivity index (χ2v) is 6.65. The smallest absolute Gasteiger partial charge is 0.281 e. The molecule has 0 saturated heterocycles. The van der Waals surface area contributed by atoms with Crippen LogP contribution in [0.2, 0.25) is 10.0 Å². The van der Waals surface area contributed by atoms with Crippen LogP contribution in [0.4, 0.5) is 0 Å². The first-order chi connectivity index (χ1) is 11.1. The van der Waals surface area contributed by atoms with Gasteiger partial charge in [0, 0.05) is 11.6 Å². The first-order valence-corrected chi connectivity index (χ1v) is 8.41. The van der Waals surface area contributed by atoms with Crippen LogP contribution < -0.4 is 4.80 Å². The van der Waals surface area contributed by atoms with Crippen LogP contribution in [0.1, 0.15) is 10.4 Å². The molecule has 0 saturated carbocycles. The van der Waals surface area contributed by atoms with Gasteiger partial charge in [-0.3, -0.25) is 4.79 Å². The van der Waals surface area contributed by atoms with Gasteiger partial charge in [-0.05, 0) is 30.3 Å². The van der Waals surface area contributed by atoms with Crippen molar-refractivity contribution in [3.05, 3.63) is 75.5 Å². The van der Waals surface area contributed by atoms with E-state index in [2.05, 4.69) is 11.6 Å². The number of hydrogen-bond acceptors (Lipinski definition) is 2. The molecule has 0 spiro atoms. The van der Waals surface area contributed by atoms with Crippen molar-refractivity contribution >= 4 is 50.7 Å². The number of thiazole rings is 1. The van der Waals surface area contributed by atoms with Crippen molar-refractivity contribution in [3.8, 4) is 0 Å². The van der Waals surface area contributed by atoms with Crippen molar-refractivity contribution in [1.82, 2.24) is 4.57 Å². The monoisotopic (exact) mass is 362 g/mol. The number of hydrogen-bond donors (Lipinski definition) is 0. The van der Waals surface area contributed by atoms with E-state index < -0.39 is 5.91 Å². The molecule has 3 nitrogen and oxygen atoms in total. The Morgan fingerprint density at radius 1 is 1.26 bits per heavy atom. The van der Waals surface area contributed by atoms with Gasteiger partial charge in [0.15, 0.2) is 4.80 Å². The van der Waals surface area contributed by atoms with Crippen LogP contribution in [-0.4, -0.2) is 10.5 Å². The van der Waals surface area contributed by atoms with Crippen molar-refractivity contribution < 1.29 is 4.79 Å². The Labute approximate surface area is 147 Å². The zero-order valence-electron chi connectivity index (χ0n) is 12.0. The minimum Gasteiger partial charge on any atom is -0.312 e. The summed E-state index contributed by atoms with van der Waals surface area (Å²) in [6.45, 7) is 4.34. The average Bonchev–Trinajstić information content (AvgIpc) is 2.85. The van der Waals surface area contributed by atoms with E-state index in [-0.39, 0.29) is 0 Å². The first-order valence-electron chi connectivity index (χ1n) is 6.83. The van der Waals surface area contributed by atoms with E-state index in [0.717, 1.165) is 10.2 Å². The molecule has 0 bridgehead atoms. The Bertz CT molecular complexity index is 972. The van der Waals surface area contributed by atoms with E-state index in [1.165, 1.54) is 17.4 Å². The van der Waals surface area contributed by atoms with Crippen molar-refractivity contribution in [2.45, 2.75) is 6.54 Å². The van der Waals surface area contributed by atoms with E-state index in [4.69, 9.17) is 23.2 Å². The van der Waals surface area contributed by atoms with E-state index >= 15 is 0 Å². The summed E-state index contributed by atoms with van der Waals surface area (Å²) in [5, 5.41) is 0.776. The highest BCUT2D eigenvalue weighted by molar-refractivity contribution is 7.16. The molecular weight excluding hydrogens is 351 g/mol. The standard InChI is InChI=1S/C17H12Cl2N2OS/c1-2-9-21-14-5-3-4-6-15(14)23-17(21)20-16(22)12-8-7-11(18)10-13(12)19/h2-8,10H,1,9H2. The summed E-state index contributed by atoms with van der Waals surface area (Å²) in [6.07, 6.45) is 1.78. The Balaban J connectivity index is 2.14. The summed E-state index contributed by atoms with van der Waals surface area (Å²) >= 11 is 13.4. The maximum atomic E-state index is 12.5. The number of halogens is 2. The number of aromatic nitrogens is 1. The molecule has 3 rings (SSSR count). The second-order valence-electron chi connectivity index (χ2n) is 4.79. The molecule has 3 aromatic rings. The summed E-state index contributed by atoms with van der Waals surface area (Å²) in [7, 11) is 0. The lowest BCUT2D eigenvalue weighted by molar-refractivity contribution is 0.0998. The molecule has 2 aromatic carbocycles. The fraction of sp³-hybridized carbons (Fsp3) is 0.0588. The van der Waals surface area contributed by atoms with Gasteiger partial charge in [-0.25, -0.2) is 0 Å². The number of rotatable bonds is 3. The van der Waals surface area contributed by atoms with Crippen LogP contribution >= 0.6 is 34.5 Å². The van der Waals surface area contributed by atoms with Crippen LogP contribution in [0, 0.1) is 0 Å².